The van der Waals surface area contributed by atoms with E-state index in [0.29, 0.717) is 12.8 Å². The van der Waals surface area contributed by atoms with E-state index in [9.17, 15) is 31.5 Å². The van der Waals surface area contributed by atoms with Gasteiger partial charge < -0.3 is 10.4 Å². The molecule has 0 aliphatic carbocycles. The van der Waals surface area contributed by atoms with Crippen molar-refractivity contribution in [2.75, 3.05) is 18.4 Å². The minimum atomic E-state index is -4.10. The fraction of sp³-hybridized carbons (Fsp3) is 0.350. The van der Waals surface area contributed by atoms with Gasteiger partial charge in [0.05, 0.1) is 11.0 Å². The van der Waals surface area contributed by atoms with Gasteiger partial charge in [-0.25, -0.2) is 21.6 Å². The number of sulfonamides is 1. The van der Waals surface area contributed by atoms with Crippen molar-refractivity contribution in [1.29, 1.82) is 0 Å². The van der Waals surface area contributed by atoms with Crippen LogP contribution in [0.4, 0.5) is 18.9 Å². The van der Waals surface area contributed by atoms with Crippen molar-refractivity contribution in [1.82, 2.24) is 4.31 Å². The highest BCUT2D eigenvalue weighted by Crippen LogP contribution is 2.26. The molecule has 2 N–H and O–H groups in total. The van der Waals surface area contributed by atoms with Gasteiger partial charge in [-0.05, 0) is 43.5 Å². The number of benzene rings is 2. The molecular weight excluding hydrogens is 421 g/mol. The maximum Gasteiger partial charge on any atom is 0.255 e. The van der Waals surface area contributed by atoms with Crippen LogP contribution in [0, 0.1) is 11.6 Å². The van der Waals surface area contributed by atoms with Crippen LogP contribution in [0.1, 0.15) is 35.2 Å². The molecule has 1 aliphatic rings. The molecule has 1 unspecified atom stereocenters. The topological polar surface area (TPSA) is 86.7 Å². The molecule has 2 aromatic rings. The summed E-state index contributed by atoms with van der Waals surface area (Å²) >= 11 is 0. The van der Waals surface area contributed by atoms with Crippen molar-refractivity contribution in [3.8, 4) is 0 Å². The van der Waals surface area contributed by atoms with E-state index in [0.717, 1.165) is 24.3 Å². The number of rotatable bonds is 5. The van der Waals surface area contributed by atoms with Gasteiger partial charge in [0.1, 0.15) is 6.67 Å². The molecule has 0 saturated carbocycles. The first kappa shape index (κ1) is 22.3. The molecule has 0 bridgehead atoms. The van der Waals surface area contributed by atoms with Gasteiger partial charge in [-0.2, -0.15) is 4.31 Å². The van der Waals surface area contributed by atoms with Crippen LogP contribution in [0.25, 0.3) is 0 Å². The number of aliphatic hydroxyl groups excluding tert-OH is 1. The first-order chi connectivity index (χ1) is 14.2. The molecular formula is C20H21F3N2O4S. The Morgan fingerprint density at radius 1 is 1.10 bits per heavy atom. The van der Waals surface area contributed by atoms with Gasteiger partial charge in [-0.3, -0.25) is 4.79 Å². The number of aliphatic hydroxyl groups is 1. The number of amides is 1. The molecule has 2 aromatic carbocycles. The maximum absolute atomic E-state index is 13.5. The van der Waals surface area contributed by atoms with Crippen molar-refractivity contribution in [3.63, 3.8) is 0 Å². The van der Waals surface area contributed by atoms with Crippen molar-refractivity contribution in [2.45, 2.75) is 36.9 Å². The molecule has 1 fully saturated rings. The van der Waals surface area contributed by atoms with Gasteiger partial charge in [0.2, 0.25) is 10.0 Å². The molecule has 3 rings (SSSR count). The van der Waals surface area contributed by atoms with Crippen LogP contribution in [0.5, 0.6) is 0 Å². The number of halogens is 3. The zero-order chi connectivity index (χ0) is 21.9. The minimum absolute atomic E-state index is 0.0145. The van der Waals surface area contributed by atoms with E-state index in [2.05, 4.69) is 5.32 Å². The van der Waals surface area contributed by atoms with E-state index in [1.54, 1.807) is 0 Å². The van der Waals surface area contributed by atoms with E-state index in [4.69, 9.17) is 0 Å². The Kier molecular flexibility index (Phi) is 6.79. The number of hydrogen-bond acceptors (Lipinski definition) is 4. The van der Waals surface area contributed by atoms with E-state index in [-0.39, 0.29) is 41.2 Å². The van der Waals surface area contributed by atoms with E-state index < -0.39 is 40.3 Å². The smallest absolute Gasteiger partial charge is 0.255 e. The van der Waals surface area contributed by atoms with Crippen molar-refractivity contribution in [2.24, 2.45) is 0 Å². The summed E-state index contributed by atoms with van der Waals surface area (Å²) in [7, 11) is -4.10. The van der Waals surface area contributed by atoms with Crippen LogP contribution in [0.2, 0.25) is 0 Å². The van der Waals surface area contributed by atoms with Crippen LogP contribution in [-0.4, -0.2) is 42.9 Å². The zero-order valence-corrected chi connectivity index (χ0v) is 16.8. The van der Waals surface area contributed by atoms with Crippen LogP contribution in [-0.2, 0) is 16.7 Å². The predicted molar refractivity (Wildman–Crippen MR) is 104 cm³/mol. The van der Waals surface area contributed by atoms with Gasteiger partial charge in [-0.1, -0.05) is 6.07 Å². The SMILES string of the molecule is O=C(Nc1ccc(F)c(F)c1)c1ccc(CF)c(S(=O)(=O)N2CCCC(O)CC2)c1. The number of carbonyl (C=O) groups is 1. The number of anilines is 1. The standard InChI is InChI=1S/C20H21F3N2O4S/c21-12-14-4-3-13(20(27)24-15-5-6-17(22)18(23)11-15)10-19(14)30(28,29)25-8-1-2-16(26)7-9-25/h3-6,10-11,16,26H,1-2,7-9,12H2,(H,24,27). The molecule has 1 amide bonds. The van der Waals surface area contributed by atoms with Gasteiger partial charge in [-0.15, -0.1) is 0 Å². The average molecular weight is 442 g/mol. The third-order valence-corrected chi connectivity index (χ3v) is 6.91. The second-order valence-corrected chi connectivity index (χ2v) is 8.93. The third-order valence-electron chi connectivity index (χ3n) is 4.93. The first-order valence-electron chi connectivity index (χ1n) is 9.36. The lowest BCUT2D eigenvalue weighted by molar-refractivity contribution is 0.102. The lowest BCUT2D eigenvalue weighted by Gasteiger charge is -2.21. The average Bonchev–Trinajstić information content (AvgIpc) is 2.95. The Bertz CT molecular complexity index is 1050. The number of nitrogens with zero attached hydrogens (tertiary/aromatic N) is 1. The zero-order valence-electron chi connectivity index (χ0n) is 15.9. The molecule has 1 aliphatic heterocycles. The summed E-state index contributed by atoms with van der Waals surface area (Å²) in [6, 6.07) is 6.34. The van der Waals surface area contributed by atoms with Crippen molar-refractivity contribution < 1.29 is 31.5 Å². The van der Waals surface area contributed by atoms with Crippen molar-refractivity contribution in [3.05, 3.63) is 59.2 Å². The van der Waals surface area contributed by atoms with E-state index in [1.165, 1.54) is 16.4 Å². The summed E-state index contributed by atoms with van der Waals surface area (Å²) in [5, 5.41) is 12.1. The molecule has 0 spiro atoms. The van der Waals surface area contributed by atoms with E-state index in [1.807, 2.05) is 0 Å². The van der Waals surface area contributed by atoms with Crippen LogP contribution >= 0.6 is 0 Å². The quantitative estimate of drug-likeness (QED) is 0.745. The number of nitrogens with one attached hydrogen (secondary N) is 1. The maximum atomic E-state index is 13.5. The van der Waals surface area contributed by atoms with Gasteiger partial charge in [0.15, 0.2) is 11.6 Å². The summed E-state index contributed by atoms with van der Waals surface area (Å²) in [5.74, 6) is -2.97. The fourth-order valence-corrected chi connectivity index (χ4v) is 4.98. The molecule has 1 heterocycles. The first-order valence-corrected chi connectivity index (χ1v) is 10.8. The Hall–Kier alpha value is -2.43. The fourth-order valence-electron chi connectivity index (χ4n) is 3.26. The molecule has 6 nitrogen and oxygen atoms in total. The molecule has 30 heavy (non-hydrogen) atoms. The third kappa shape index (κ3) is 4.82. The summed E-state index contributed by atoms with van der Waals surface area (Å²) < 4.78 is 67.2. The highest BCUT2D eigenvalue weighted by Gasteiger charge is 2.30. The lowest BCUT2D eigenvalue weighted by atomic mass is 10.1. The lowest BCUT2D eigenvalue weighted by Crippen LogP contribution is -2.33. The molecule has 0 aromatic heterocycles. The monoisotopic (exact) mass is 442 g/mol. The number of hydrogen-bond donors (Lipinski definition) is 2. The second-order valence-electron chi connectivity index (χ2n) is 7.03. The van der Waals surface area contributed by atoms with Crippen molar-refractivity contribution >= 4 is 21.6 Å². The Morgan fingerprint density at radius 3 is 2.57 bits per heavy atom. The van der Waals surface area contributed by atoms with Crippen LogP contribution < -0.4 is 5.32 Å². The summed E-state index contributed by atoms with van der Waals surface area (Å²) in [5.41, 5.74) is -0.186. The largest absolute Gasteiger partial charge is 0.393 e. The van der Waals surface area contributed by atoms with Gasteiger partial charge in [0, 0.05) is 36.0 Å². The molecule has 0 radical (unpaired) electrons. The predicted octanol–water partition coefficient (Wildman–Crippen LogP) is 3.22. The summed E-state index contributed by atoms with van der Waals surface area (Å²) in [6.07, 6.45) is 0.597. The summed E-state index contributed by atoms with van der Waals surface area (Å²) in [4.78, 5) is 12.2. The number of alkyl halides is 1. The minimum Gasteiger partial charge on any atom is -0.393 e. The number of carbonyl (C=O) groups excluding carboxylic acids is 1. The van der Waals surface area contributed by atoms with Gasteiger partial charge in [0.25, 0.3) is 5.91 Å². The molecule has 1 atom stereocenters. The summed E-state index contributed by atoms with van der Waals surface area (Å²) in [6.45, 7) is -0.785. The molecule has 1 saturated heterocycles. The highest BCUT2D eigenvalue weighted by molar-refractivity contribution is 7.89. The highest BCUT2D eigenvalue weighted by atomic mass is 32.2. The van der Waals surface area contributed by atoms with E-state index >= 15 is 0 Å². The Balaban J connectivity index is 1.90. The molecule has 162 valence electrons. The molecule has 10 heteroatoms. The Labute approximate surface area is 172 Å². The van der Waals surface area contributed by atoms with Crippen LogP contribution in [0.15, 0.2) is 41.3 Å². The normalized spacial score (nSPS) is 18.1. The Morgan fingerprint density at radius 2 is 1.87 bits per heavy atom. The second kappa shape index (κ2) is 9.15. The van der Waals surface area contributed by atoms with Crippen LogP contribution in [0.3, 0.4) is 0 Å². The van der Waals surface area contributed by atoms with Gasteiger partial charge >= 0.3 is 0 Å².